The molecule has 0 atom stereocenters. The van der Waals surface area contributed by atoms with Gasteiger partial charge < -0.3 is 4.74 Å². The van der Waals surface area contributed by atoms with Crippen molar-refractivity contribution in [2.75, 3.05) is 6.61 Å². The first kappa shape index (κ1) is 12.2. The molecule has 2 nitrogen and oxygen atoms in total. The summed E-state index contributed by atoms with van der Waals surface area (Å²) in [4.78, 5) is 0. The molecule has 0 aliphatic rings. The zero-order chi connectivity index (χ0) is 11.5. The van der Waals surface area contributed by atoms with Crippen molar-refractivity contribution in [3.05, 3.63) is 28.2 Å². The molecule has 1 rings (SSSR count). The van der Waals surface area contributed by atoms with Crippen molar-refractivity contribution >= 4 is 23.2 Å². The van der Waals surface area contributed by atoms with E-state index in [1.807, 2.05) is 13.8 Å². The number of ether oxygens (including phenoxy) is 1. The maximum Gasteiger partial charge on any atom is 0.120 e. The SMILES string of the molecule is CC(C)(C#N)COc1ccc(Cl)c(Cl)c1. The summed E-state index contributed by atoms with van der Waals surface area (Å²) in [6.07, 6.45) is 0. The van der Waals surface area contributed by atoms with E-state index in [4.69, 9.17) is 33.2 Å². The Morgan fingerprint density at radius 2 is 2.00 bits per heavy atom. The van der Waals surface area contributed by atoms with Gasteiger partial charge in [0, 0.05) is 6.07 Å². The van der Waals surface area contributed by atoms with Gasteiger partial charge in [-0.15, -0.1) is 0 Å². The molecule has 0 amide bonds. The number of hydrogen-bond acceptors (Lipinski definition) is 2. The van der Waals surface area contributed by atoms with E-state index < -0.39 is 5.41 Å². The predicted octanol–water partition coefficient (Wildman–Crippen LogP) is 3.92. The third-order valence-electron chi connectivity index (χ3n) is 1.79. The minimum absolute atomic E-state index is 0.321. The average molecular weight is 244 g/mol. The molecule has 0 saturated heterocycles. The molecule has 0 aliphatic heterocycles. The summed E-state index contributed by atoms with van der Waals surface area (Å²) in [5, 5.41) is 9.73. The summed E-state index contributed by atoms with van der Waals surface area (Å²) in [5.41, 5.74) is -0.508. The molecule has 80 valence electrons. The lowest BCUT2D eigenvalue weighted by molar-refractivity contribution is 0.227. The van der Waals surface area contributed by atoms with E-state index in [0.717, 1.165) is 0 Å². The maximum atomic E-state index is 8.79. The number of nitrogens with zero attached hydrogens (tertiary/aromatic N) is 1. The second-order valence-electron chi connectivity index (χ2n) is 3.86. The van der Waals surface area contributed by atoms with Crippen molar-refractivity contribution < 1.29 is 4.74 Å². The smallest absolute Gasteiger partial charge is 0.120 e. The van der Waals surface area contributed by atoms with Gasteiger partial charge in [0.05, 0.1) is 21.5 Å². The molecule has 0 saturated carbocycles. The molecule has 0 spiro atoms. The van der Waals surface area contributed by atoms with Crippen LogP contribution in [0.1, 0.15) is 13.8 Å². The zero-order valence-electron chi connectivity index (χ0n) is 8.55. The molecular weight excluding hydrogens is 233 g/mol. The number of hydrogen-bond donors (Lipinski definition) is 0. The fourth-order valence-corrected chi connectivity index (χ4v) is 1.15. The van der Waals surface area contributed by atoms with Gasteiger partial charge >= 0.3 is 0 Å². The standard InChI is InChI=1S/C11H11Cl2NO/c1-11(2,6-14)7-15-8-3-4-9(12)10(13)5-8/h3-5H,7H2,1-2H3. The summed E-state index contributed by atoms with van der Waals surface area (Å²) < 4.78 is 5.43. The Hall–Kier alpha value is -0.910. The molecule has 1 aromatic rings. The summed E-state index contributed by atoms with van der Waals surface area (Å²) in [5.74, 6) is 0.618. The highest BCUT2D eigenvalue weighted by Gasteiger charge is 2.17. The molecule has 0 radical (unpaired) electrons. The van der Waals surface area contributed by atoms with Crippen LogP contribution >= 0.6 is 23.2 Å². The molecule has 0 heterocycles. The van der Waals surface area contributed by atoms with Crippen LogP contribution in [-0.4, -0.2) is 6.61 Å². The van der Waals surface area contributed by atoms with Crippen molar-refractivity contribution in [1.82, 2.24) is 0 Å². The van der Waals surface area contributed by atoms with Crippen molar-refractivity contribution in [3.8, 4) is 11.8 Å². The minimum atomic E-state index is -0.508. The van der Waals surface area contributed by atoms with Gasteiger partial charge in [-0.2, -0.15) is 5.26 Å². The van der Waals surface area contributed by atoms with E-state index in [-0.39, 0.29) is 0 Å². The van der Waals surface area contributed by atoms with Crippen LogP contribution in [0.3, 0.4) is 0 Å². The van der Waals surface area contributed by atoms with Gasteiger partial charge in [0.1, 0.15) is 12.4 Å². The quantitative estimate of drug-likeness (QED) is 0.807. The molecule has 15 heavy (non-hydrogen) atoms. The largest absolute Gasteiger partial charge is 0.492 e. The van der Waals surface area contributed by atoms with Gasteiger partial charge in [-0.1, -0.05) is 23.2 Å². The van der Waals surface area contributed by atoms with Crippen LogP contribution < -0.4 is 4.74 Å². The summed E-state index contributed by atoms with van der Waals surface area (Å²) in [6.45, 7) is 3.94. The Morgan fingerprint density at radius 3 is 2.53 bits per heavy atom. The molecule has 0 N–H and O–H groups in total. The van der Waals surface area contributed by atoms with Gasteiger partial charge in [0.25, 0.3) is 0 Å². The van der Waals surface area contributed by atoms with Crippen LogP contribution in [-0.2, 0) is 0 Å². The number of halogens is 2. The van der Waals surface area contributed by atoms with E-state index in [1.165, 1.54) is 0 Å². The van der Waals surface area contributed by atoms with Gasteiger partial charge in [0.15, 0.2) is 0 Å². The fourth-order valence-electron chi connectivity index (χ4n) is 0.863. The van der Waals surface area contributed by atoms with E-state index in [2.05, 4.69) is 6.07 Å². The third kappa shape index (κ3) is 3.62. The Kier molecular flexibility index (Phi) is 3.84. The van der Waals surface area contributed by atoms with Gasteiger partial charge in [0.2, 0.25) is 0 Å². The number of nitriles is 1. The second-order valence-corrected chi connectivity index (χ2v) is 4.67. The summed E-state index contributed by atoms with van der Waals surface area (Å²) in [6, 6.07) is 7.18. The summed E-state index contributed by atoms with van der Waals surface area (Å²) in [7, 11) is 0. The lowest BCUT2D eigenvalue weighted by atomic mass is 9.98. The van der Waals surface area contributed by atoms with E-state index in [0.29, 0.717) is 22.4 Å². The molecule has 0 unspecified atom stereocenters. The van der Waals surface area contributed by atoms with Crippen molar-refractivity contribution in [2.24, 2.45) is 5.41 Å². The Labute approximate surface area is 99.4 Å². The van der Waals surface area contributed by atoms with E-state index in [1.54, 1.807) is 18.2 Å². The lowest BCUT2D eigenvalue weighted by Crippen LogP contribution is -2.18. The van der Waals surface area contributed by atoms with Gasteiger partial charge in [-0.25, -0.2) is 0 Å². The molecule has 0 bridgehead atoms. The molecule has 0 aromatic heterocycles. The molecule has 0 fully saturated rings. The van der Waals surface area contributed by atoms with Crippen LogP contribution in [0.2, 0.25) is 10.0 Å². The Balaban J connectivity index is 2.67. The highest BCUT2D eigenvalue weighted by Crippen LogP contribution is 2.27. The normalized spacial score (nSPS) is 10.9. The van der Waals surface area contributed by atoms with Crippen LogP contribution in [0, 0.1) is 16.7 Å². The monoisotopic (exact) mass is 243 g/mol. The topological polar surface area (TPSA) is 33.0 Å². The molecule has 4 heteroatoms. The van der Waals surface area contributed by atoms with E-state index >= 15 is 0 Å². The van der Waals surface area contributed by atoms with Gasteiger partial charge in [-0.3, -0.25) is 0 Å². The highest BCUT2D eigenvalue weighted by molar-refractivity contribution is 6.42. The first-order valence-corrected chi connectivity index (χ1v) is 5.19. The zero-order valence-corrected chi connectivity index (χ0v) is 10.1. The van der Waals surface area contributed by atoms with Crippen LogP contribution in [0.25, 0.3) is 0 Å². The fraction of sp³-hybridized carbons (Fsp3) is 0.364. The highest BCUT2D eigenvalue weighted by atomic mass is 35.5. The van der Waals surface area contributed by atoms with Crippen LogP contribution in [0.4, 0.5) is 0 Å². The van der Waals surface area contributed by atoms with Crippen molar-refractivity contribution in [2.45, 2.75) is 13.8 Å². The minimum Gasteiger partial charge on any atom is -0.492 e. The van der Waals surface area contributed by atoms with Gasteiger partial charge in [-0.05, 0) is 26.0 Å². The Bertz CT molecular complexity index is 396. The number of benzene rings is 1. The molecular formula is C11H11Cl2NO. The first-order chi connectivity index (χ1) is 6.94. The van der Waals surface area contributed by atoms with E-state index in [9.17, 15) is 0 Å². The average Bonchev–Trinajstić information content (AvgIpc) is 2.20. The van der Waals surface area contributed by atoms with Crippen molar-refractivity contribution in [1.29, 1.82) is 5.26 Å². The lowest BCUT2D eigenvalue weighted by Gasteiger charge is -2.16. The second kappa shape index (κ2) is 4.74. The summed E-state index contributed by atoms with van der Waals surface area (Å²) >= 11 is 11.6. The molecule has 1 aromatic carbocycles. The van der Waals surface area contributed by atoms with Crippen molar-refractivity contribution in [3.63, 3.8) is 0 Å². The maximum absolute atomic E-state index is 8.79. The predicted molar refractivity (Wildman–Crippen MR) is 61.4 cm³/mol. The first-order valence-electron chi connectivity index (χ1n) is 4.44. The number of rotatable bonds is 3. The Morgan fingerprint density at radius 1 is 1.33 bits per heavy atom. The third-order valence-corrected chi connectivity index (χ3v) is 2.53. The van der Waals surface area contributed by atoms with Crippen LogP contribution in [0.5, 0.6) is 5.75 Å². The molecule has 0 aliphatic carbocycles. The van der Waals surface area contributed by atoms with Crippen LogP contribution in [0.15, 0.2) is 18.2 Å².